The topological polar surface area (TPSA) is 69.6 Å². The Hall–Kier alpha value is -2.04. The lowest BCUT2D eigenvalue weighted by Crippen LogP contribution is -2.42. The summed E-state index contributed by atoms with van der Waals surface area (Å²) in [5.74, 6) is -1.09. The van der Waals surface area contributed by atoms with Gasteiger partial charge in [-0.1, -0.05) is 32.9 Å². The van der Waals surface area contributed by atoms with E-state index in [9.17, 15) is 9.59 Å². The third-order valence-electron chi connectivity index (χ3n) is 4.93. The second-order valence-corrected chi connectivity index (χ2v) is 6.84. The highest BCUT2D eigenvalue weighted by atomic mass is 16.4. The summed E-state index contributed by atoms with van der Waals surface area (Å²) >= 11 is 0. The number of benzene rings is 1. The molecule has 5 heteroatoms. The monoisotopic (exact) mass is 318 g/mol. The van der Waals surface area contributed by atoms with E-state index in [1.807, 2.05) is 12.1 Å². The van der Waals surface area contributed by atoms with Gasteiger partial charge in [0.15, 0.2) is 0 Å². The fourth-order valence-electron chi connectivity index (χ4n) is 2.74. The number of piperidine rings is 1. The fraction of sp³-hybridized carbons (Fsp3) is 0.556. The summed E-state index contributed by atoms with van der Waals surface area (Å²) in [4.78, 5) is 24.9. The SMILES string of the molecule is CCC(C)(C)c1ccc(NC(=O)N2CCC(C(=O)O)CC2)cc1. The second-order valence-electron chi connectivity index (χ2n) is 6.84. The number of carboxylic acid groups (broad SMARTS) is 1. The molecule has 0 radical (unpaired) electrons. The van der Waals surface area contributed by atoms with Gasteiger partial charge in [0, 0.05) is 18.8 Å². The number of rotatable bonds is 4. The summed E-state index contributed by atoms with van der Waals surface area (Å²) in [5, 5.41) is 11.9. The van der Waals surface area contributed by atoms with Crippen LogP contribution in [0.15, 0.2) is 24.3 Å². The zero-order valence-electron chi connectivity index (χ0n) is 14.1. The van der Waals surface area contributed by atoms with Gasteiger partial charge >= 0.3 is 12.0 Å². The molecule has 0 unspecified atom stereocenters. The van der Waals surface area contributed by atoms with E-state index in [4.69, 9.17) is 5.11 Å². The van der Waals surface area contributed by atoms with Crippen molar-refractivity contribution in [3.8, 4) is 0 Å². The first-order chi connectivity index (χ1) is 10.8. The number of aliphatic carboxylic acids is 1. The van der Waals surface area contributed by atoms with E-state index in [1.165, 1.54) is 5.56 Å². The molecule has 2 N–H and O–H groups in total. The Morgan fingerprint density at radius 3 is 2.26 bits per heavy atom. The number of carboxylic acids is 1. The molecule has 126 valence electrons. The second kappa shape index (κ2) is 7.02. The number of hydrogen-bond donors (Lipinski definition) is 2. The molecule has 0 aromatic heterocycles. The van der Waals surface area contributed by atoms with Gasteiger partial charge in [-0.2, -0.15) is 0 Å². The number of nitrogens with one attached hydrogen (secondary N) is 1. The number of urea groups is 1. The van der Waals surface area contributed by atoms with E-state index in [2.05, 4.69) is 38.2 Å². The molecule has 0 bridgehead atoms. The van der Waals surface area contributed by atoms with E-state index in [0.29, 0.717) is 25.9 Å². The van der Waals surface area contributed by atoms with Gasteiger partial charge in [0.25, 0.3) is 0 Å². The number of carbonyl (C=O) groups excluding carboxylic acids is 1. The average Bonchev–Trinajstić information content (AvgIpc) is 2.55. The number of anilines is 1. The number of hydrogen-bond acceptors (Lipinski definition) is 2. The molecular weight excluding hydrogens is 292 g/mol. The first kappa shape index (κ1) is 17.3. The van der Waals surface area contributed by atoms with Gasteiger partial charge in [0.05, 0.1) is 5.92 Å². The Morgan fingerprint density at radius 1 is 1.22 bits per heavy atom. The van der Waals surface area contributed by atoms with Crippen LogP contribution >= 0.6 is 0 Å². The van der Waals surface area contributed by atoms with Crippen molar-refractivity contribution in [1.29, 1.82) is 0 Å². The molecule has 1 aromatic carbocycles. The van der Waals surface area contributed by atoms with Crippen molar-refractivity contribution in [1.82, 2.24) is 4.90 Å². The minimum Gasteiger partial charge on any atom is -0.481 e. The molecule has 2 amide bonds. The Bertz CT molecular complexity index is 558. The number of nitrogens with zero attached hydrogens (tertiary/aromatic N) is 1. The molecule has 1 heterocycles. The van der Waals surface area contributed by atoms with Crippen molar-refractivity contribution in [2.45, 2.75) is 45.4 Å². The van der Waals surface area contributed by atoms with E-state index in [-0.39, 0.29) is 17.4 Å². The molecule has 1 aliphatic rings. The molecule has 1 aromatic rings. The summed E-state index contributed by atoms with van der Waals surface area (Å²) in [6.45, 7) is 7.55. The average molecular weight is 318 g/mol. The molecule has 1 fully saturated rings. The lowest BCUT2D eigenvalue weighted by Gasteiger charge is -2.30. The van der Waals surface area contributed by atoms with Crippen molar-refractivity contribution in [3.05, 3.63) is 29.8 Å². The van der Waals surface area contributed by atoms with Gasteiger partial charge in [-0.3, -0.25) is 4.79 Å². The van der Waals surface area contributed by atoms with Crippen LogP contribution < -0.4 is 5.32 Å². The smallest absolute Gasteiger partial charge is 0.321 e. The van der Waals surface area contributed by atoms with Crippen LogP contribution in [-0.2, 0) is 10.2 Å². The summed E-state index contributed by atoms with van der Waals surface area (Å²) in [5.41, 5.74) is 2.15. The summed E-state index contributed by atoms with van der Waals surface area (Å²) in [6.07, 6.45) is 2.09. The number of likely N-dealkylation sites (tertiary alicyclic amines) is 1. The molecule has 2 rings (SSSR count). The van der Waals surface area contributed by atoms with E-state index < -0.39 is 5.97 Å². The first-order valence-electron chi connectivity index (χ1n) is 8.23. The third-order valence-corrected chi connectivity index (χ3v) is 4.93. The van der Waals surface area contributed by atoms with Gasteiger partial charge in [0.1, 0.15) is 0 Å². The minimum absolute atomic E-state index is 0.126. The Labute approximate surface area is 137 Å². The Balaban J connectivity index is 1.92. The largest absolute Gasteiger partial charge is 0.481 e. The van der Waals surface area contributed by atoms with Gasteiger partial charge in [0.2, 0.25) is 0 Å². The van der Waals surface area contributed by atoms with Gasteiger partial charge in [-0.05, 0) is 42.4 Å². The van der Waals surface area contributed by atoms with Crippen molar-refractivity contribution >= 4 is 17.7 Å². The molecule has 0 saturated carbocycles. The maximum Gasteiger partial charge on any atom is 0.321 e. The maximum atomic E-state index is 12.2. The van der Waals surface area contributed by atoms with E-state index in [1.54, 1.807) is 4.90 Å². The maximum absolute atomic E-state index is 12.2. The number of carbonyl (C=O) groups is 2. The summed E-state index contributed by atoms with van der Waals surface area (Å²) in [6, 6.07) is 7.80. The lowest BCUT2D eigenvalue weighted by atomic mass is 9.82. The van der Waals surface area contributed by atoms with Crippen LogP contribution in [0.2, 0.25) is 0 Å². The zero-order chi connectivity index (χ0) is 17.0. The molecular formula is C18H26N2O3. The molecule has 1 saturated heterocycles. The Morgan fingerprint density at radius 2 is 1.78 bits per heavy atom. The van der Waals surface area contributed by atoms with Crippen LogP contribution in [0.1, 0.15) is 45.6 Å². The number of amides is 2. The molecule has 0 aliphatic carbocycles. The summed E-state index contributed by atoms with van der Waals surface area (Å²) < 4.78 is 0. The van der Waals surface area contributed by atoms with Crippen LogP contribution in [0.4, 0.5) is 10.5 Å². The fourth-order valence-corrected chi connectivity index (χ4v) is 2.74. The normalized spacial score (nSPS) is 16.2. The van der Waals surface area contributed by atoms with Gasteiger partial charge in [-0.25, -0.2) is 4.79 Å². The highest BCUT2D eigenvalue weighted by molar-refractivity contribution is 5.89. The first-order valence-corrected chi connectivity index (χ1v) is 8.23. The lowest BCUT2D eigenvalue weighted by molar-refractivity contribution is -0.143. The van der Waals surface area contributed by atoms with Gasteiger partial charge < -0.3 is 15.3 Å². The van der Waals surface area contributed by atoms with Crippen molar-refractivity contribution in [2.75, 3.05) is 18.4 Å². The predicted octanol–water partition coefficient (Wildman–Crippen LogP) is 3.70. The van der Waals surface area contributed by atoms with Crippen LogP contribution in [0, 0.1) is 5.92 Å². The molecule has 0 atom stereocenters. The van der Waals surface area contributed by atoms with E-state index >= 15 is 0 Å². The highest BCUT2D eigenvalue weighted by Gasteiger charge is 2.27. The van der Waals surface area contributed by atoms with Gasteiger partial charge in [-0.15, -0.1) is 0 Å². The highest BCUT2D eigenvalue weighted by Crippen LogP contribution is 2.27. The molecule has 0 spiro atoms. The molecule has 1 aliphatic heterocycles. The van der Waals surface area contributed by atoms with Crippen LogP contribution in [0.5, 0.6) is 0 Å². The van der Waals surface area contributed by atoms with Crippen LogP contribution in [0.25, 0.3) is 0 Å². The van der Waals surface area contributed by atoms with Crippen LogP contribution in [0.3, 0.4) is 0 Å². The standard InChI is InChI=1S/C18H26N2O3/c1-4-18(2,3)14-5-7-15(8-6-14)19-17(23)20-11-9-13(10-12-20)16(21)22/h5-8,13H,4,9-12H2,1-3H3,(H,19,23)(H,21,22). The van der Waals surface area contributed by atoms with Crippen molar-refractivity contribution in [2.24, 2.45) is 5.92 Å². The molecule has 23 heavy (non-hydrogen) atoms. The summed E-state index contributed by atoms with van der Waals surface area (Å²) in [7, 11) is 0. The molecule has 5 nitrogen and oxygen atoms in total. The third kappa shape index (κ3) is 4.24. The van der Waals surface area contributed by atoms with Crippen LogP contribution in [-0.4, -0.2) is 35.1 Å². The Kier molecular flexibility index (Phi) is 5.29. The van der Waals surface area contributed by atoms with Crippen molar-refractivity contribution in [3.63, 3.8) is 0 Å². The quantitative estimate of drug-likeness (QED) is 0.889. The minimum atomic E-state index is -0.765. The zero-order valence-corrected chi connectivity index (χ0v) is 14.1. The predicted molar refractivity (Wildman–Crippen MR) is 90.7 cm³/mol. The van der Waals surface area contributed by atoms with Crippen molar-refractivity contribution < 1.29 is 14.7 Å². The van der Waals surface area contributed by atoms with E-state index in [0.717, 1.165) is 12.1 Å².